The minimum absolute atomic E-state index is 0.264. The van der Waals surface area contributed by atoms with Crippen LogP contribution in [0.15, 0.2) is 12.4 Å². The summed E-state index contributed by atoms with van der Waals surface area (Å²) in [6.45, 7) is 12.1. The lowest BCUT2D eigenvalue weighted by Gasteiger charge is -2.25. The first-order chi connectivity index (χ1) is 10.1. The first-order valence-corrected chi connectivity index (χ1v) is 8.11. The zero-order valence-electron chi connectivity index (χ0n) is 13.6. The van der Waals surface area contributed by atoms with E-state index in [1.165, 1.54) is 13.0 Å². The summed E-state index contributed by atoms with van der Waals surface area (Å²) in [4.78, 5) is 21.1. The average Bonchev–Trinajstić information content (AvgIpc) is 3.11. The van der Waals surface area contributed by atoms with E-state index in [-0.39, 0.29) is 5.91 Å². The van der Waals surface area contributed by atoms with Crippen LogP contribution < -0.4 is 0 Å². The number of hydrogen-bond acceptors (Lipinski definition) is 3. The molecule has 21 heavy (non-hydrogen) atoms. The van der Waals surface area contributed by atoms with Gasteiger partial charge in [-0.1, -0.05) is 6.92 Å². The Bertz CT molecular complexity index is 457. The van der Waals surface area contributed by atoms with Crippen LogP contribution in [0, 0.1) is 12.8 Å². The lowest BCUT2D eigenvalue weighted by atomic mass is 10.1. The van der Waals surface area contributed by atoms with E-state index < -0.39 is 0 Å². The molecule has 2 rings (SSSR count). The van der Waals surface area contributed by atoms with Crippen molar-refractivity contribution in [3.63, 3.8) is 0 Å². The van der Waals surface area contributed by atoms with Crippen molar-refractivity contribution >= 4 is 5.91 Å². The van der Waals surface area contributed by atoms with Crippen LogP contribution in [-0.2, 0) is 11.3 Å². The lowest BCUT2D eigenvalue weighted by Crippen LogP contribution is -2.36. The van der Waals surface area contributed by atoms with Gasteiger partial charge in [0.15, 0.2) is 0 Å². The molecule has 1 saturated heterocycles. The minimum atomic E-state index is 0.264. The number of carbonyl (C=O) groups excluding carboxylic acids is 1. The topological polar surface area (TPSA) is 41.4 Å². The number of imidazole rings is 1. The van der Waals surface area contributed by atoms with Crippen molar-refractivity contribution in [3.8, 4) is 0 Å². The molecule has 0 radical (unpaired) electrons. The number of likely N-dealkylation sites (tertiary alicyclic amines) is 1. The zero-order chi connectivity index (χ0) is 15.2. The first kappa shape index (κ1) is 16.0. The van der Waals surface area contributed by atoms with E-state index in [1.807, 2.05) is 22.6 Å². The summed E-state index contributed by atoms with van der Waals surface area (Å²) < 4.78 is 2.04. The summed E-state index contributed by atoms with van der Waals surface area (Å²) in [5.74, 6) is 1.88. The molecule has 1 aromatic heterocycles. The second-order valence-corrected chi connectivity index (χ2v) is 5.90. The number of carbonyl (C=O) groups is 1. The number of nitrogens with zero attached hydrogens (tertiary/aromatic N) is 4. The fourth-order valence-corrected chi connectivity index (χ4v) is 3.08. The van der Waals surface area contributed by atoms with Gasteiger partial charge in [-0.3, -0.25) is 4.79 Å². The molecule has 1 unspecified atom stereocenters. The van der Waals surface area contributed by atoms with Gasteiger partial charge in [-0.05, 0) is 39.3 Å². The van der Waals surface area contributed by atoms with Crippen LogP contribution in [0.5, 0.6) is 0 Å². The van der Waals surface area contributed by atoms with Crippen molar-refractivity contribution in [2.24, 2.45) is 5.92 Å². The normalized spacial score (nSPS) is 19.1. The second kappa shape index (κ2) is 7.59. The van der Waals surface area contributed by atoms with Gasteiger partial charge in [0.25, 0.3) is 0 Å². The summed E-state index contributed by atoms with van der Waals surface area (Å²) in [5, 5.41) is 0. The van der Waals surface area contributed by atoms with Gasteiger partial charge in [0.1, 0.15) is 5.82 Å². The molecule has 1 amide bonds. The Hall–Kier alpha value is -1.36. The standard InChI is InChI=1S/C16H28N4O/c1-4-18-9-6-15(12-18)13-19(5-2)16(21)7-10-20-11-8-17-14(20)3/h8,11,15H,4-7,9-10,12-13H2,1-3H3. The van der Waals surface area contributed by atoms with Crippen LogP contribution in [0.2, 0.25) is 0 Å². The highest BCUT2D eigenvalue weighted by molar-refractivity contribution is 5.76. The molecule has 2 heterocycles. The number of amides is 1. The van der Waals surface area contributed by atoms with Crippen molar-refractivity contribution in [1.29, 1.82) is 0 Å². The van der Waals surface area contributed by atoms with Gasteiger partial charge in [0.2, 0.25) is 5.91 Å². The highest BCUT2D eigenvalue weighted by Crippen LogP contribution is 2.17. The molecule has 0 saturated carbocycles. The highest BCUT2D eigenvalue weighted by atomic mass is 16.2. The van der Waals surface area contributed by atoms with Crippen molar-refractivity contribution in [1.82, 2.24) is 19.4 Å². The Kier molecular flexibility index (Phi) is 5.79. The number of hydrogen-bond donors (Lipinski definition) is 0. The maximum Gasteiger partial charge on any atom is 0.224 e. The molecule has 0 N–H and O–H groups in total. The Morgan fingerprint density at radius 1 is 1.48 bits per heavy atom. The molecule has 118 valence electrons. The monoisotopic (exact) mass is 292 g/mol. The molecular weight excluding hydrogens is 264 g/mol. The molecule has 5 nitrogen and oxygen atoms in total. The summed E-state index contributed by atoms with van der Waals surface area (Å²) in [6, 6.07) is 0. The van der Waals surface area contributed by atoms with E-state index in [9.17, 15) is 4.79 Å². The molecule has 1 atom stereocenters. The summed E-state index contributed by atoms with van der Waals surface area (Å²) in [5.41, 5.74) is 0. The minimum Gasteiger partial charge on any atom is -0.343 e. The van der Waals surface area contributed by atoms with Crippen LogP contribution in [0.1, 0.15) is 32.5 Å². The molecule has 0 bridgehead atoms. The van der Waals surface area contributed by atoms with Crippen LogP contribution >= 0.6 is 0 Å². The molecule has 1 aromatic rings. The van der Waals surface area contributed by atoms with E-state index in [0.29, 0.717) is 12.3 Å². The Morgan fingerprint density at radius 3 is 2.86 bits per heavy atom. The van der Waals surface area contributed by atoms with Gasteiger partial charge in [0, 0.05) is 45.0 Å². The summed E-state index contributed by atoms with van der Waals surface area (Å²) in [7, 11) is 0. The number of aromatic nitrogens is 2. The zero-order valence-corrected chi connectivity index (χ0v) is 13.6. The van der Waals surface area contributed by atoms with Gasteiger partial charge in [-0.2, -0.15) is 0 Å². The fraction of sp³-hybridized carbons (Fsp3) is 0.750. The van der Waals surface area contributed by atoms with Crippen molar-refractivity contribution in [2.45, 2.75) is 40.2 Å². The second-order valence-electron chi connectivity index (χ2n) is 5.90. The highest BCUT2D eigenvalue weighted by Gasteiger charge is 2.24. The number of rotatable bonds is 7. The summed E-state index contributed by atoms with van der Waals surface area (Å²) in [6.07, 6.45) is 5.51. The molecule has 5 heteroatoms. The summed E-state index contributed by atoms with van der Waals surface area (Å²) >= 11 is 0. The Morgan fingerprint density at radius 2 is 2.29 bits per heavy atom. The molecular formula is C16H28N4O. The van der Waals surface area contributed by atoms with E-state index >= 15 is 0 Å². The SMILES string of the molecule is CCN1CCC(CN(CC)C(=O)CCn2ccnc2C)C1. The smallest absolute Gasteiger partial charge is 0.224 e. The maximum absolute atomic E-state index is 12.4. The molecule has 0 aromatic carbocycles. The third kappa shape index (κ3) is 4.30. The number of aryl methyl sites for hydroxylation is 2. The quantitative estimate of drug-likeness (QED) is 0.769. The lowest BCUT2D eigenvalue weighted by molar-refractivity contribution is -0.131. The van der Waals surface area contributed by atoms with Crippen LogP contribution in [0.3, 0.4) is 0 Å². The molecule has 0 spiro atoms. The molecule has 1 aliphatic heterocycles. The van der Waals surface area contributed by atoms with Gasteiger partial charge in [-0.15, -0.1) is 0 Å². The third-order valence-corrected chi connectivity index (χ3v) is 4.52. The molecule has 1 fully saturated rings. The van der Waals surface area contributed by atoms with Crippen LogP contribution in [-0.4, -0.2) is 58.0 Å². The third-order valence-electron chi connectivity index (χ3n) is 4.52. The first-order valence-electron chi connectivity index (χ1n) is 8.11. The van der Waals surface area contributed by atoms with E-state index in [1.54, 1.807) is 6.20 Å². The van der Waals surface area contributed by atoms with E-state index in [4.69, 9.17) is 0 Å². The van der Waals surface area contributed by atoms with Gasteiger partial charge >= 0.3 is 0 Å². The van der Waals surface area contributed by atoms with Crippen molar-refractivity contribution in [3.05, 3.63) is 18.2 Å². The molecule has 0 aliphatic carbocycles. The van der Waals surface area contributed by atoms with Crippen molar-refractivity contribution in [2.75, 3.05) is 32.7 Å². The van der Waals surface area contributed by atoms with Crippen molar-refractivity contribution < 1.29 is 4.79 Å². The van der Waals surface area contributed by atoms with Crippen LogP contribution in [0.4, 0.5) is 0 Å². The Balaban J connectivity index is 1.80. The van der Waals surface area contributed by atoms with Gasteiger partial charge in [-0.25, -0.2) is 4.98 Å². The fourth-order valence-electron chi connectivity index (χ4n) is 3.08. The maximum atomic E-state index is 12.4. The average molecular weight is 292 g/mol. The van der Waals surface area contributed by atoms with Crippen LogP contribution in [0.25, 0.3) is 0 Å². The van der Waals surface area contributed by atoms with Gasteiger partial charge in [0.05, 0.1) is 0 Å². The van der Waals surface area contributed by atoms with E-state index in [2.05, 4.69) is 23.7 Å². The largest absolute Gasteiger partial charge is 0.343 e. The predicted molar refractivity (Wildman–Crippen MR) is 84.1 cm³/mol. The Labute approximate surface area is 127 Å². The van der Waals surface area contributed by atoms with E-state index in [0.717, 1.165) is 38.5 Å². The predicted octanol–water partition coefficient (Wildman–Crippen LogP) is 1.77. The molecule has 1 aliphatic rings. The van der Waals surface area contributed by atoms with Gasteiger partial charge < -0.3 is 14.4 Å².